The molecule has 0 bridgehead atoms. The molecule has 1 heterocycles. The zero-order valence-electron chi connectivity index (χ0n) is 19.5. The minimum absolute atomic E-state index is 0.0375. The number of imidazole rings is 1. The molecule has 32 heavy (non-hydrogen) atoms. The van der Waals surface area contributed by atoms with Gasteiger partial charge in [0.2, 0.25) is 5.91 Å². The van der Waals surface area contributed by atoms with E-state index in [9.17, 15) is 4.79 Å². The zero-order chi connectivity index (χ0) is 23.1. The Kier molecular flexibility index (Phi) is 7.57. The van der Waals surface area contributed by atoms with Gasteiger partial charge in [-0.05, 0) is 36.2 Å². The molecule has 0 spiro atoms. The molecular formula is C26H33N3O3. The molecule has 3 rings (SSSR count). The maximum Gasteiger partial charge on any atom is 0.225 e. The third-order valence-electron chi connectivity index (χ3n) is 5.23. The molecule has 3 aromatic rings. The van der Waals surface area contributed by atoms with Crippen molar-refractivity contribution in [2.75, 3.05) is 20.3 Å². The van der Waals surface area contributed by atoms with Gasteiger partial charge in [0.15, 0.2) is 11.5 Å². The fraction of sp³-hybridized carbons (Fsp3) is 0.385. The smallest absolute Gasteiger partial charge is 0.225 e. The number of carbonyl (C=O) groups is 1. The number of carbonyl (C=O) groups excluding carboxylic acids is 1. The molecule has 0 radical (unpaired) electrons. The predicted molar refractivity (Wildman–Crippen MR) is 128 cm³/mol. The van der Waals surface area contributed by atoms with Crippen LogP contribution in [0.3, 0.4) is 0 Å². The highest BCUT2D eigenvalue weighted by Gasteiger charge is 2.21. The van der Waals surface area contributed by atoms with Crippen molar-refractivity contribution in [2.24, 2.45) is 5.41 Å². The van der Waals surface area contributed by atoms with Crippen LogP contribution in [0.25, 0.3) is 11.0 Å². The fourth-order valence-corrected chi connectivity index (χ4v) is 3.49. The maximum absolute atomic E-state index is 12.2. The van der Waals surface area contributed by atoms with Gasteiger partial charge in [-0.2, -0.15) is 0 Å². The molecule has 6 heteroatoms. The number of para-hydroxylation sites is 2. The van der Waals surface area contributed by atoms with Gasteiger partial charge in [-0.1, -0.05) is 45.0 Å². The van der Waals surface area contributed by atoms with Crippen molar-refractivity contribution in [1.29, 1.82) is 0 Å². The average molecular weight is 436 g/mol. The molecule has 0 aliphatic heterocycles. The Labute approximate surface area is 190 Å². The number of hydrogen-bond acceptors (Lipinski definition) is 4. The SMILES string of the molecule is C=CCc1ccc(OCCn2c(CCNC(=O)C(C)(C)C)nc3ccccc32)c(OC)c1. The molecule has 0 saturated carbocycles. The molecule has 0 saturated heterocycles. The Morgan fingerprint density at radius 1 is 1.19 bits per heavy atom. The molecule has 0 unspecified atom stereocenters. The van der Waals surface area contributed by atoms with Crippen molar-refractivity contribution in [2.45, 2.75) is 40.2 Å². The molecule has 0 aliphatic rings. The normalized spacial score (nSPS) is 11.4. The number of rotatable bonds is 10. The van der Waals surface area contributed by atoms with Crippen LogP contribution in [-0.2, 0) is 24.2 Å². The van der Waals surface area contributed by atoms with Gasteiger partial charge in [-0.15, -0.1) is 6.58 Å². The third kappa shape index (κ3) is 5.69. The molecule has 1 amide bonds. The van der Waals surface area contributed by atoms with Crippen LogP contribution in [0.15, 0.2) is 55.1 Å². The van der Waals surface area contributed by atoms with Crippen molar-refractivity contribution in [1.82, 2.24) is 14.9 Å². The van der Waals surface area contributed by atoms with E-state index in [1.807, 2.05) is 63.2 Å². The number of nitrogens with one attached hydrogen (secondary N) is 1. The first kappa shape index (κ1) is 23.4. The van der Waals surface area contributed by atoms with Crippen LogP contribution in [0.1, 0.15) is 32.2 Å². The van der Waals surface area contributed by atoms with E-state index in [1.54, 1.807) is 7.11 Å². The summed E-state index contributed by atoms with van der Waals surface area (Å²) >= 11 is 0. The number of fused-ring (bicyclic) bond motifs is 1. The second kappa shape index (κ2) is 10.4. The Bertz CT molecular complexity index is 1080. The van der Waals surface area contributed by atoms with Gasteiger partial charge in [-0.3, -0.25) is 4.79 Å². The van der Waals surface area contributed by atoms with E-state index in [0.717, 1.165) is 28.8 Å². The van der Waals surface area contributed by atoms with Crippen molar-refractivity contribution >= 4 is 16.9 Å². The van der Waals surface area contributed by atoms with Crippen LogP contribution >= 0.6 is 0 Å². The summed E-state index contributed by atoms with van der Waals surface area (Å²) in [6, 6.07) is 14.0. The van der Waals surface area contributed by atoms with E-state index in [0.29, 0.717) is 37.6 Å². The zero-order valence-corrected chi connectivity index (χ0v) is 19.5. The van der Waals surface area contributed by atoms with Crippen LogP contribution < -0.4 is 14.8 Å². The summed E-state index contributed by atoms with van der Waals surface area (Å²) in [4.78, 5) is 17.0. The van der Waals surface area contributed by atoms with Crippen molar-refractivity contribution < 1.29 is 14.3 Å². The lowest BCUT2D eigenvalue weighted by atomic mass is 9.96. The Hall–Kier alpha value is -3.28. The number of methoxy groups -OCH3 is 1. The second-order valence-electron chi connectivity index (χ2n) is 8.75. The van der Waals surface area contributed by atoms with E-state index < -0.39 is 5.41 Å². The van der Waals surface area contributed by atoms with Crippen LogP contribution in [0.5, 0.6) is 11.5 Å². The number of hydrogen-bond donors (Lipinski definition) is 1. The number of ether oxygens (including phenoxy) is 2. The van der Waals surface area contributed by atoms with Gasteiger partial charge >= 0.3 is 0 Å². The molecule has 1 N–H and O–H groups in total. The van der Waals surface area contributed by atoms with Gasteiger partial charge in [0, 0.05) is 18.4 Å². The van der Waals surface area contributed by atoms with E-state index in [-0.39, 0.29) is 5.91 Å². The molecular weight excluding hydrogens is 402 g/mol. The van der Waals surface area contributed by atoms with Gasteiger partial charge in [-0.25, -0.2) is 4.98 Å². The minimum atomic E-state index is -0.408. The van der Waals surface area contributed by atoms with Crippen molar-refractivity contribution in [3.05, 3.63) is 66.5 Å². The van der Waals surface area contributed by atoms with E-state index >= 15 is 0 Å². The average Bonchev–Trinajstić information content (AvgIpc) is 3.11. The third-order valence-corrected chi connectivity index (χ3v) is 5.23. The molecule has 1 aromatic heterocycles. The highest BCUT2D eigenvalue weighted by atomic mass is 16.5. The summed E-state index contributed by atoms with van der Waals surface area (Å²) in [5.74, 6) is 2.39. The highest BCUT2D eigenvalue weighted by molar-refractivity contribution is 5.81. The van der Waals surface area contributed by atoms with E-state index in [1.165, 1.54) is 0 Å². The standard InChI is InChI=1S/C26H33N3O3/c1-6-9-19-12-13-22(23(18-19)31-5)32-17-16-29-21-11-8-7-10-20(21)28-24(29)14-15-27-25(30)26(2,3)4/h6-8,10-13,18H,1,9,14-17H2,2-5H3,(H,27,30). The molecule has 0 aliphatic carbocycles. The van der Waals surface area contributed by atoms with Gasteiger partial charge < -0.3 is 19.4 Å². The van der Waals surface area contributed by atoms with Crippen LogP contribution in [0, 0.1) is 5.41 Å². The number of amides is 1. The second-order valence-corrected chi connectivity index (χ2v) is 8.75. The minimum Gasteiger partial charge on any atom is -0.493 e. The van der Waals surface area contributed by atoms with Crippen LogP contribution in [0.4, 0.5) is 0 Å². The number of nitrogens with zero attached hydrogens (tertiary/aromatic N) is 2. The number of benzene rings is 2. The first-order valence-corrected chi connectivity index (χ1v) is 11.0. The molecule has 2 aromatic carbocycles. The summed E-state index contributed by atoms with van der Waals surface area (Å²) in [7, 11) is 1.65. The van der Waals surface area contributed by atoms with Gasteiger partial charge in [0.05, 0.1) is 24.7 Å². The predicted octanol–water partition coefficient (Wildman–Crippen LogP) is 4.56. The lowest BCUT2D eigenvalue weighted by Gasteiger charge is -2.18. The first-order chi connectivity index (χ1) is 15.3. The van der Waals surface area contributed by atoms with E-state index in [2.05, 4.69) is 22.5 Å². The maximum atomic E-state index is 12.2. The summed E-state index contributed by atoms with van der Waals surface area (Å²) in [5, 5.41) is 3.01. The largest absolute Gasteiger partial charge is 0.493 e. The molecule has 6 nitrogen and oxygen atoms in total. The van der Waals surface area contributed by atoms with Gasteiger partial charge in [0.25, 0.3) is 0 Å². The summed E-state index contributed by atoms with van der Waals surface area (Å²) in [6.45, 7) is 11.2. The molecule has 0 atom stereocenters. The Morgan fingerprint density at radius 3 is 2.69 bits per heavy atom. The van der Waals surface area contributed by atoms with Crippen LogP contribution in [0.2, 0.25) is 0 Å². The fourth-order valence-electron chi connectivity index (χ4n) is 3.49. The summed E-state index contributed by atoms with van der Waals surface area (Å²) in [5.41, 5.74) is 2.72. The highest BCUT2D eigenvalue weighted by Crippen LogP contribution is 2.28. The summed E-state index contributed by atoms with van der Waals surface area (Å²) < 4.78 is 13.7. The lowest BCUT2D eigenvalue weighted by molar-refractivity contribution is -0.128. The lowest BCUT2D eigenvalue weighted by Crippen LogP contribution is -2.36. The quantitative estimate of drug-likeness (QED) is 0.474. The summed E-state index contributed by atoms with van der Waals surface area (Å²) in [6.07, 6.45) is 3.30. The van der Waals surface area contributed by atoms with Crippen LogP contribution in [-0.4, -0.2) is 35.7 Å². The number of aromatic nitrogens is 2. The molecule has 170 valence electrons. The molecule has 0 fully saturated rings. The van der Waals surface area contributed by atoms with E-state index in [4.69, 9.17) is 14.5 Å². The Morgan fingerprint density at radius 2 is 1.97 bits per heavy atom. The van der Waals surface area contributed by atoms with Crippen molar-refractivity contribution in [3.63, 3.8) is 0 Å². The monoisotopic (exact) mass is 435 g/mol. The van der Waals surface area contributed by atoms with Gasteiger partial charge in [0.1, 0.15) is 12.4 Å². The van der Waals surface area contributed by atoms with Crippen molar-refractivity contribution in [3.8, 4) is 11.5 Å². The topological polar surface area (TPSA) is 65.4 Å². The first-order valence-electron chi connectivity index (χ1n) is 11.0. The number of allylic oxidation sites excluding steroid dienone is 1. The Balaban J connectivity index is 1.70.